The van der Waals surface area contributed by atoms with Crippen molar-refractivity contribution < 1.29 is 23.5 Å². The number of methoxy groups -OCH3 is 1. The van der Waals surface area contributed by atoms with Gasteiger partial charge in [0.25, 0.3) is 5.91 Å². The number of nitrogens with zero attached hydrogens (tertiary/aromatic N) is 1. The standard InChI is InChI=1S/C24H27FN2O4/c1-30-18-8-6-16(7-9-18)20-14-17(26-23(28)19-4-2-3-5-22(19)25)15-21(20)24(29)27-10-12-31-13-11-27/h2-9,17,20-21H,10-15H2,1H3,(H,26,28)/t17-,20+,21-/m0/s1. The van der Waals surface area contributed by atoms with E-state index in [4.69, 9.17) is 9.47 Å². The van der Waals surface area contributed by atoms with E-state index in [2.05, 4.69) is 5.32 Å². The first-order chi connectivity index (χ1) is 15.1. The fraction of sp³-hybridized carbons (Fsp3) is 0.417. The fourth-order valence-electron chi connectivity index (χ4n) is 4.57. The quantitative estimate of drug-likeness (QED) is 0.798. The molecule has 31 heavy (non-hydrogen) atoms. The highest BCUT2D eigenvalue weighted by atomic mass is 19.1. The van der Waals surface area contributed by atoms with Gasteiger partial charge in [-0.2, -0.15) is 0 Å². The van der Waals surface area contributed by atoms with Gasteiger partial charge in [0.1, 0.15) is 11.6 Å². The predicted octanol–water partition coefficient (Wildman–Crippen LogP) is 2.99. The summed E-state index contributed by atoms with van der Waals surface area (Å²) in [7, 11) is 1.61. The topological polar surface area (TPSA) is 67.9 Å². The van der Waals surface area contributed by atoms with Gasteiger partial charge in [0.2, 0.25) is 5.91 Å². The van der Waals surface area contributed by atoms with Crippen molar-refractivity contribution in [2.45, 2.75) is 24.8 Å². The largest absolute Gasteiger partial charge is 0.497 e. The summed E-state index contributed by atoms with van der Waals surface area (Å²) >= 11 is 0. The average molecular weight is 426 g/mol. The Labute approximate surface area is 181 Å². The molecule has 0 bridgehead atoms. The minimum atomic E-state index is -0.550. The zero-order chi connectivity index (χ0) is 21.8. The molecule has 0 unspecified atom stereocenters. The molecule has 1 N–H and O–H groups in total. The van der Waals surface area contributed by atoms with Crippen LogP contribution in [0.1, 0.15) is 34.7 Å². The van der Waals surface area contributed by atoms with E-state index < -0.39 is 11.7 Å². The number of morpholine rings is 1. The molecule has 0 spiro atoms. The van der Waals surface area contributed by atoms with Gasteiger partial charge in [-0.25, -0.2) is 4.39 Å². The van der Waals surface area contributed by atoms with Gasteiger partial charge >= 0.3 is 0 Å². The molecule has 2 aromatic rings. The van der Waals surface area contributed by atoms with Gasteiger partial charge in [-0.05, 0) is 48.6 Å². The third kappa shape index (κ3) is 4.71. The second-order valence-corrected chi connectivity index (χ2v) is 8.05. The Bertz CT molecular complexity index is 927. The Morgan fingerprint density at radius 1 is 1.06 bits per heavy atom. The van der Waals surface area contributed by atoms with Crippen LogP contribution in [0.5, 0.6) is 5.75 Å². The highest BCUT2D eigenvalue weighted by Gasteiger charge is 2.42. The van der Waals surface area contributed by atoms with Crippen molar-refractivity contribution in [3.8, 4) is 5.75 Å². The molecule has 164 valence electrons. The summed E-state index contributed by atoms with van der Waals surface area (Å²) in [6, 6.07) is 13.4. The Kier molecular flexibility index (Phi) is 6.51. The van der Waals surface area contributed by atoms with Gasteiger partial charge in [-0.1, -0.05) is 24.3 Å². The summed E-state index contributed by atoms with van der Waals surface area (Å²) in [4.78, 5) is 27.8. The van der Waals surface area contributed by atoms with Crippen LogP contribution in [0.15, 0.2) is 48.5 Å². The van der Waals surface area contributed by atoms with Crippen LogP contribution in [-0.2, 0) is 9.53 Å². The minimum Gasteiger partial charge on any atom is -0.497 e. The summed E-state index contributed by atoms with van der Waals surface area (Å²) in [5.74, 6) is -0.444. The van der Waals surface area contributed by atoms with Crippen LogP contribution in [0.3, 0.4) is 0 Å². The zero-order valence-corrected chi connectivity index (χ0v) is 17.6. The molecule has 2 aliphatic rings. The molecule has 2 amide bonds. The number of carbonyl (C=O) groups is 2. The molecule has 1 aliphatic heterocycles. The van der Waals surface area contributed by atoms with E-state index in [1.54, 1.807) is 19.2 Å². The zero-order valence-electron chi connectivity index (χ0n) is 17.6. The van der Waals surface area contributed by atoms with Crippen molar-refractivity contribution in [3.05, 3.63) is 65.5 Å². The minimum absolute atomic E-state index is 0.0199. The summed E-state index contributed by atoms with van der Waals surface area (Å²) in [5.41, 5.74) is 1.06. The monoisotopic (exact) mass is 426 g/mol. The lowest BCUT2D eigenvalue weighted by molar-refractivity contribution is -0.140. The average Bonchev–Trinajstić information content (AvgIpc) is 3.23. The second-order valence-electron chi connectivity index (χ2n) is 8.05. The van der Waals surface area contributed by atoms with E-state index >= 15 is 0 Å². The number of halogens is 1. The third-order valence-corrected chi connectivity index (χ3v) is 6.20. The van der Waals surface area contributed by atoms with Crippen molar-refractivity contribution >= 4 is 11.8 Å². The molecule has 4 rings (SSSR count). The van der Waals surface area contributed by atoms with Crippen LogP contribution in [0, 0.1) is 11.7 Å². The Hall–Kier alpha value is -2.93. The molecule has 1 heterocycles. The number of rotatable bonds is 5. The van der Waals surface area contributed by atoms with Crippen LogP contribution in [0.25, 0.3) is 0 Å². The van der Waals surface area contributed by atoms with Gasteiger partial charge < -0.3 is 19.7 Å². The number of hydrogen-bond acceptors (Lipinski definition) is 4. The number of ether oxygens (including phenoxy) is 2. The molecule has 2 fully saturated rings. The van der Waals surface area contributed by atoms with Crippen LogP contribution < -0.4 is 10.1 Å². The van der Waals surface area contributed by atoms with Crippen molar-refractivity contribution in [2.24, 2.45) is 5.92 Å². The normalized spacial score (nSPS) is 23.4. The maximum atomic E-state index is 14.0. The number of benzene rings is 2. The fourth-order valence-corrected chi connectivity index (χ4v) is 4.57. The van der Waals surface area contributed by atoms with Crippen LogP contribution >= 0.6 is 0 Å². The van der Waals surface area contributed by atoms with Gasteiger partial charge in [-0.3, -0.25) is 9.59 Å². The van der Waals surface area contributed by atoms with Crippen LogP contribution in [0.4, 0.5) is 4.39 Å². The van der Waals surface area contributed by atoms with Crippen molar-refractivity contribution in [1.29, 1.82) is 0 Å². The summed E-state index contributed by atoms with van der Waals surface area (Å²) < 4.78 is 24.7. The van der Waals surface area contributed by atoms with Gasteiger partial charge in [-0.15, -0.1) is 0 Å². The Morgan fingerprint density at radius 2 is 1.77 bits per heavy atom. The summed E-state index contributed by atoms with van der Waals surface area (Å²) in [6.07, 6.45) is 1.14. The molecular formula is C24H27FN2O4. The maximum absolute atomic E-state index is 14.0. The van der Waals surface area contributed by atoms with E-state index in [-0.39, 0.29) is 29.3 Å². The lowest BCUT2D eigenvalue weighted by atomic mass is 9.88. The Morgan fingerprint density at radius 3 is 2.45 bits per heavy atom. The van der Waals surface area contributed by atoms with E-state index in [0.717, 1.165) is 11.3 Å². The van der Waals surface area contributed by atoms with E-state index in [0.29, 0.717) is 39.1 Å². The molecule has 1 saturated carbocycles. The van der Waals surface area contributed by atoms with Crippen molar-refractivity contribution in [2.75, 3.05) is 33.4 Å². The molecule has 1 saturated heterocycles. The maximum Gasteiger partial charge on any atom is 0.254 e. The summed E-state index contributed by atoms with van der Waals surface area (Å²) in [5, 5.41) is 2.95. The SMILES string of the molecule is COc1ccc([C@H]2C[C@H](NC(=O)c3ccccc3F)C[C@@H]2C(=O)N2CCOCC2)cc1. The van der Waals surface area contributed by atoms with Gasteiger partial charge in [0.15, 0.2) is 0 Å². The highest BCUT2D eigenvalue weighted by molar-refractivity contribution is 5.94. The first-order valence-corrected chi connectivity index (χ1v) is 10.6. The molecule has 6 nitrogen and oxygen atoms in total. The van der Waals surface area contributed by atoms with Gasteiger partial charge in [0, 0.05) is 25.0 Å². The molecule has 2 aromatic carbocycles. The number of carbonyl (C=O) groups excluding carboxylic acids is 2. The molecule has 0 radical (unpaired) electrons. The molecule has 3 atom stereocenters. The van der Waals surface area contributed by atoms with Crippen LogP contribution in [-0.4, -0.2) is 56.2 Å². The van der Waals surface area contributed by atoms with Crippen molar-refractivity contribution in [3.63, 3.8) is 0 Å². The van der Waals surface area contributed by atoms with Gasteiger partial charge in [0.05, 0.1) is 25.9 Å². The Balaban J connectivity index is 1.54. The third-order valence-electron chi connectivity index (χ3n) is 6.20. The van der Waals surface area contributed by atoms with E-state index in [1.807, 2.05) is 29.2 Å². The molecule has 1 aliphatic carbocycles. The first kappa shape index (κ1) is 21.3. The highest BCUT2D eigenvalue weighted by Crippen LogP contribution is 2.41. The first-order valence-electron chi connectivity index (χ1n) is 10.6. The van der Waals surface area contributed by atoms with Crippen molar-refractivity contribution in [1.82, 2.24) is 10.2 Å². The number of hydrogen-bond donors (Lipinski definition) is 1. The molecule has 0 aromatic heterocycles. The molecule has 7 heteroatoms. The second kappa shape index (κ2) is 9.47. The molecular weight excluding hydrogens is 399 g/mol. The lowest BCUT2D eigenvalue weighted by Gasteiger charge is -2.31. The smallest absolute Gasteiger partial charge is 0.254 e. The van der Waals surface area contributed by atoms with E-state index in [9.17, 15) is 14.0 Å². The van der Waals surface area contributed by atoms with E-state index in [1.165, 1.54) is 12.1 Å². The summed E-state index contributed by atoms with van der Waals surface area (Å²) in [6.45, 7) is 2.24. The number of nitrogens with one attached hydrogen (secondary N) is 1. The lowest BCUT2D eigenvalue weighted by Crippen LogP contribution is -2.44. The number of amides is 2. The van der Waals surface area contributed by atoms with Crippen LogP contribution in [0.2, 0.25) is 0 Å². The predicted molar refractivity (Wildman–Crippen MR) is 114 cm³/mol.